The van der Waals surface area contributed by atoms with Crippen LogP contribution in [0.3, 0.4) is 0 Å². The van der Waals surface area contributed by atoms with E-state index in [9.17, 15) is 52.7 Å². The van der Waals surface area contributed by atoms with Crippen molar-refractivity contribution in [3.8, 4) is 33.4 Å². The molecule has 0 fully saturated rings. The lowest BCUT2D eigenvalue weighted by molar-refractivity contribution is 0.379. The van der Waals surface area contributed by atoms with E-state index in [-0.39, 0.29) is 0 Å². The van der Waals surface area contributed by atoms with Gasteiger partial charge in [-0.25, -0.2) is 119 Å². The zero-order chi connectivity index (χ0) is 48.4. The number of hydrogen-bond donors (Lipinski definition) is 0. The van der Waals surface area contributed by atoms with E-state index >= 15 is 65.9 Å². The Morgan fingerprint density at radius 2 is 0.234 bits per heavy atom. The predicted octanol–water partition coefficient (Wildman–Crippen LogP) is 11.0. The molecule has 0 saturated carbocycles. The van der Waals surface area contributed by atoms with Crippen molar-refractivity contribution >= 4 is 23.1 Å². The molecule has 0 aromatic heterocycles. The van der Waals surface area contributed by atoms with E-state index in [0.717, 1.165) is 0 Å². The molecule has 0 bridgehead atoms. The van der Waals surface area contributed by atoms with E-state index in [1.165, 1.54) is 0 Å². The summed E-state index contributed by atoms with van der Waals surface area (Å²) in [5, 5.41) is 0. The lowest BCUT2D eigenvalue weighted by Gasteiger charge is -2.27. The number of hydrogen-bond acceptors (Lipinski definition) is 0. The summed E-state index contributed by atoms with van der Waals surface area (Å²) in [6, 6.07) is 0. The lowest BCUT2D eigenvalue weighted by Crippen LogP contribution is -2.59. The van der Waals surface area contributed by atoms with Crippen molar-refractivity contribution in [2.24, 2.45) is 0 Å². The van der Waals surface area contributed by atoms with Crippen molar-refractivity contribution in [3.63, 3.8) is 0 Å². The highest BCUT2D eigenvalue weighted by molar-refractivity contribution is 6.98. The van der Waals surface area contributed by atoms with Gasteiger partial charge in [0.05, 0.1) is 16.7 Å². The SMILES string of the molecule is Fc1c(F)c(F)c(-c2c(F)c(F)c(F)c(F)c2B(c2c(F)c(F)c(F)c(F)c2-c2c(F)c(F)c(F)c(F)c2F)c2c(F)c(F)c(F)c(F)c2-c2c(F)c(F)c(F)c(F)c2F)c(F)c1F. The van der Waals surface area contributed by atoms with Gasteiger partial charge in [0.25, 0.3) is 6.71 Å². The van der Waals surface area contributed by atoms with Gasteiger partial charge in [-0.05, 0) is 16.4 Å². The van der Waals surface area contributed by atoms with Crippen LogP contribution >= 0.6 is 0 Å². The Labute approximate surface area is 332 Å². The second kappa shape index (κ2) is 15.9. The minimum atomic E-state index is -5.17. The third kappa shape index (κ3) is 6.32. The molecule has 336 valence electrons. The normalized spacial score (nSPS) is 11.7. The molecule has 6 aromatic carbocycles. The molecule has 0 aliphatic rings. The Bertz CT molecular complexity index is 2670. The van der Waals surface area contributed by atoms with Crippen molar-refractivity contribution in [2.75, 3.05) is 0 Å². The second-order valence-corrected chi connectivity index (χ2v) is 12.4. The first-order valence-electron chi connectivity index (χ1n) is 15.7. The highest BCUT2D eigenvalue weighted by Crippen LogP contribution is 2.40. The van der Waals surface area contributed by atoms with Crippen molar-refractivity contribution in [1.82, 2.24) is 0 Å². The average molecular weight is 956 g/mol. The highest BCUT2D eigenvalue weighted by atomic mass is 19.2. The monoisotopic (exact) mass is 956 g/mol. The molecule has 0 N–H and O–H groups in total. The fourth-order valence-corrected chi connectivity index (χ4v) is 6.40. The smallest absolute Gasteiger partial charge is 0.204 e. The van der Waals surface area contributed by atoms with Crippen LogP contribution in [0.2, 0.25) is 0 Å². The van der Waals surface area contributed by atoms with Gasteiger partial charge in [0.2, 0.25) is 17.5 Å². The summed E-state index contributed by atoms with van der Waals surface area (Å²) in [6.07, 6.45) is 0. The number of halogens is 27. The first kappa shape index (κ1) is 47.0. The number of rotatable bonds is 6. The number of benzene rings is 6. The molecule has 64 heavy (non-hydrogen) atoms. The van der Waals surface area contributed by atoms with Gasteiger partial charge in [0, 0.05) is 16.7 Å². The van der Waals surface area contributed by atoms with Crippen LogP contribution in [-0.2, 0) is 0 Å². The third-order valence-electron chi connectivity index (χ3n) is 9.16. The fraction of sp³-hybridized carbons (Fsp3) is 0. The molecule has 6 aromatic rings. The molecule has 0 unspecified atom stereocenters. The molecule has 0 spiro atoms. The van der Waals surface area contributed by atoms with Crippen LogP contribution in [0.1, 0.15) is 0 Å². The van der Waals surface area contributed by atoms with Crippen LogP contribution in [0.4, 0.5) is 119 Å². The minimum absolute atomic E-state index is 3.32. The fourth-order valence-electron chi connectivity index (χ4n) is 6.40. The Kier molecular flexibility index (Phi) is 11.7. The molecule has 0 saturated heterocycles. The standard InChI is InChI=1S/C36BF27/c38-10-1(4-13(41)25(53)34(62)26(54)14(4)42)7(19(47)31(59)22(10)50)37(8-2(11(39)23(51)32(60)20(8)48)5-15(43)27(55)35(63)28(56)16(5)44)9-3(12(40)24(52)33(61)21(9)49)6-17(45)29(57)36(64)30(58)18(6)46. The van der Waals surface area contributed by atoms with Crippen LogP contribution in [-0.4, -0.2) is 6.71 Å². The van der Waals surface area contributed by atoms with Gasteiger partial charge in [-0.2, -0.15) is 0 Å². The third-order valence-corrected chi connectivity index (χ3v) is 9.16. The Balaban J connectivity index is 2.12. The maximum atomic E-state index is 16.4. The zero-order valence-corrected chi connectivity index (χ0v) is 28.8. The van der Waals surface area contributed by atoms with E-state index in [1.807, 2.05) is 0 Å². The van der Waals surface area contributed by atoms with Crippen molar-refractivity contribution in [1.29, 1.82) is 0 Å². The molecule has 0 radical (unpaired) electrons. The molecule has 0 amide bonds. The van der Waals surface area contributed by atoms with Crippen molar-refractivity contribution < 1.29 is 119 Å². The maximum absolute atomic E-state index is 16.4. The summed E-state index contributed by atoms with van der Waals surface area (Å²) >= 11 is 0. The first-order valence-corrected chi connectivity index (χ1v) is 15.7. The van der Waals surface area contributed by atoms with Gasteiger partial charge in [-0.1, -0.05) is 0 Å². The van der Waals surface area contributed by atoms with Crippen LogP contribution in [0.5, 0.6) is 0 Å². The first-order chi connectivity index (χ1) is 29.6. The Morgan fingerprint density at radius 1 is 0.125 bits per heavy atom. The molecule has 0 heterocycles. The van der Waals surface area contributed by atoms with Crippen LogP contribution < -0.4 is 16.4 Å². The van der Waals surface area contributed by atoms with Crippen LogP contribution in [0.15, 0.2) is 0 Å². The van der Waals surface area contributed by atoms with E-state index in [2.05, 4.69) is 0 Å². The molecule has 0 nitrogen and oxygen atoms in total. The van der Waals surface area contributed by atoms with Gasteiger partial charge in [-0.3, -0.25) is 0 Å². The van der Waals surface area contributed by atoms with Crippen LogP contribution in [0, 0.1) is 157 Å². The molecule has 0 aliphatic carbocycles. The molecule has 6 rings (SSSR count). The second-order valence-electron chi connectivity index (χ2n) is 12.4. The summed E-state index contributed by atoms with van der Waals surface area (Å²) in [7, 11) is 0. The Morgan fingerprint density at radius 3 is 0.391 bits per heavy atom. The summed E-state index contributed by atoms with van der Waals surface area (Å²) in [4.78, 5) is 0. The maximum Gasteiger partial charge on any atom is 0.255 e. The van der Waals surface area contributed by atoms with E-state index < -0.39 is 214 Å². The summed E-state index contributed by atoms with van der Waals surface area (Å²) < 4.78 is 410. The van der Waals surface area contributed by atoms with Gasteiger partial charge in [-0.15, -0.1) is 0 Å². The van der Waals surface area contributed by atoms with Crippen molar-refractivity contribution in [3.05, 3.63) is 157 Å². The van der Waals surface area contributed by atoms with Gasteiger partial charge in [0.15, 0.2) is 140 Å². The quantitative estimate of drug-likeness (QED) is 0.0675. The Hall–Kier alpha value is -6.51. The molecular weight excluding hydrogens is 956 g/mol. The van der Waals surface area contributed by atoms with E-state index in [4.69, 9.17) is 0 Å². The average Bonchev–Trinajstić information content (AvgIpc) is 3.27. The predicted molar refractivity (Wildman–Crippen MR) is 159 cm³/mol. The largest absolute Gasteiger partial charge is 0.255 e. The molecular formula is C36BF27. The summed E-state index contributed by atoms with van der Waals surface area (Å²) in [5.41, 5.74) is -30.8. The summed E-state index contributed by atoms with van der Waals surface area (Å²) in [6.45, 7) is -5.17. The van der Waals surface area contributed by atoms with Gasteiger partial charge < -0.3 is 0 Å². The molecule has 0 aliphatic heterocycles. The highest BCUT2D eigenvalue weighted by Gasteiger charge is 2.48. The zero-order valence-electron chi connectivity index (χ0n) is 28.8. The van der Waals surface area contributed by atoms with Gasteiger partial charge in [0.1, 0.15) is 0 Å². The van der Waals surface area contributed by atoms with Gasteiger partial charge >= 0.3 is 0 Å². The molecule has 0 atom stereocenters. The topological polar surface area (TPSA) is 0 Å². The minimum Gasteiger partial charge on any atom is -0.204 e. The van der Waals surface area contributed by atoms with Crippen molar-refractivity contribution in [2.45, 2.75) is 0 Å². The summed E-state index contributed by atoms with van der Waals surface area (Å²) in [5.74, 6) is -96.9. The van der Waals surface area contributed by atoms with E-state index in [0.29, 0.717) is 0 Å². The molecule has 28 heteroatoms. The lowest BCUT2D eigenvalue weighted by atomic mass is 9.33. The van der Waals surface area contributed by atoms with E-state index in [1.54, 1.807) is 0 Å². The van der Waals surface area contributed by atoms with Crippen LogP contribution in [0.25, 0.3) is 33.4 Å².